The Morgan fingerprint density at radius 2 is 2.03 bits per heavy atom. The summed E-state index contributed by atoms with van der Waals surface area (Å²) in [7, 11) is -3.13. The quantitative estimate of drug-likeness (QED) is 0.620. The van der Waals surface area contributed by atoms with Crippen LogP contribution in [0.25, 0.3) is 5.69 Å². The van der Waals surface area contributed by atoms with Crippen LogP contribution in [0.2, 0.25) is 0 Å². The largest absolute Gasteiger partial charge is 0.452 e. The molecule has 1 amide bonds. The molecule has 1 aromatic carbocycles. The molecule has 0 spiro atoms. The fourth-order valence-corrected chi connectivity index (χ4v) is 5.09. The summed E-state index contributed by atoms with van der Waals surface area (Å²) in [5, 5.41) is 4.01. The molecule has 0 unspecified atom stereocenters. The molecule has 1 aliphatic heterocycles. The zero-order chi connectivity index (χ0) is 21.0. The molecule has 0 N–H and O–H groups in total. The van der Waals surface area contributed by atoms with Crippen LogP contribution >= 0.6 is 0 Å². The molecule has 156 valence electrons. The van der Waals surface area contributed by atoms with Crippen LogP contribution in [0.1, 0.15) is 37.0 Å². The standard InChI is InChI=1S/C19H24N4O5S/c1-3-14(2)23(17-8-9-29(26,27)11-17)18(24)10-28-19(25)15-4-6-16(7-5-15)22-13-20-12-21-22/h4-7,12-14,17H,3,8-11H2,1-2H3/t14-,17-/m0/s1. The lowest BCUT2D eigenvalue weighted by molar-refractivity contribution is -0.138. The van der Waals surface area contributed by atoms with Gasteiger partial charge in [0.25, 0.3) is 5.91 Å². The minimum absolute atomic E-state index is 0.0409. The van der Waals surface area contributed by atoms with Gasteiger partial charge in [0.05, 0.1) is 22.8 Å². The fraction of sp³-hybridized carbons (Fsp3) is 0.474. The molecule has 1 fully saturated rings. The molecule has 10 heteroatoms. The van der Waals surface area contributed by atoms with Crippen molar-refractivity contribution in [3.63, 3.8) is 0 Å². The summed E-state index contributed by atoms with van der Waals surface area (Å²) in [5.41, 5.74) is 1.04. The molecule has 29 heavy (non-hydrogen) atoms. The van der Waals surface area contributed by atoms with E-state index in [4.69, 9.17) is 4.74 Å². The van der Waals surface area contributed by atoms with Gasteiger partial charge >= 0.3 is 5.97 Å². The molecule has 1 saturated heterocycles. The maximum atomic E-state index is 12.7. The van der Waals surface area contributed by atoms with E-state index in [0.29, 0.717) is 18.4 Å². The van der Waals surface area contributed by atoms with Crippen LogP contribution in [0, 0.1) is 0 Å². The highest BCUT2D eigenvalue weighted by Gasteiger charge is 2.36. The maximum absolute atomic E-state index is 12.7. The third-order valence-electron chi connectivity index (χ3n) is 5.07. The number of sulfone groups is 1. The lowest BCUT2D eigenvalue weighted by Gasteiger charge is -2.33. The van der Waals surface area contributed by atoms with E-state index in [-0.39, 0.29) is 29.5 Å². The van der Waals surface area contributed by atoms with Crippen LogP contribution in [-0.2, 0) is 19.4 Å². The number of ether oxygens (including phenoxy) is 1. The summed E-state index contributed by atoms with van der Waals surface area (Å²) >= 11 is 0. The molecule has 0 bridgehead atoms. The van der Waals surface area contributed by atoms with Crippen molar-refractivity contribution in [3.8, 4) is 5.69 Å². The Kier molecular flexibility index (Phi) is 6.31. The number of amides is 1. The summed E-state index contributed by atoms with van der Waals surface area (Å²) in [6, 6.07) is 6.05. The van der Waals surface area contributed by atoms with Gasteiger partial charge in [-0.05, 0) is 44.0 Å². The molecular weight excluding hydrogens is 396 g/mol. The van der Waals surface area contributed by atoms with Crippen LogP contribution in [0.4, 0.5) is 0 Å². The molecule has 3 rings (SSSR count). The summed E-state index contributed by atoms with van der Waals surface area (Å²) in [5.74, 6) is -0.961. The number of rotatable bonds is 7. The van der Waals surface area contributed by atoms with Gasteiger partial charge in [-0.1, -0.05) is 6.92 Å². The van der Waals surface area contributed by atoms with Gasteiger partial charge in [0.1, 0.15) is 12.7 Å². The molecule has 0 saturated carbocycles. The van der Waals surface area contributed by atoms with E-state index in [9.17, 15) is 18.0 Å². The zero-order valence-electron chi connectivity index (χ0n) is 16.4. The Balaban J connectivity index is 1.62. The summed E-state index contributed by atoms with van der Waals surface area (Å²) in [6.45, 7) is 3.37. The minimum Gasteiger partial charge on any atom is -0.452 e. The van der Waals surface area contributed by atoms with Crippen molar-refractivity contribution in [3.05, 3.63) is 42.5 Å². The number of benzene rings is 1. The number of carbonyl (C=O) groups excluding carboxylic acids is 2. The Bertz CT molecular complexity index is 957. The van der Waals surface area contributed by atoms with E-state index in [1.54, 1.807) is 40.2 Å². The maximum Gasteiger partial charge on any atom is 0.338 e. The van der Waals surface area contributed by atoms with E-state index in [1.165, 1.54) is 6.33 Å². The van der Waals surface area contributed by atoms with Gasteiger partial charge in [-0.3, -0.25) is 4.79 Å². The summed E-state index contributed by atoms with van der Waals surface area (Å²) in [6.07, 6.45) is 4.04. The van der Waals surface area contributed by atoms with Gasteiger partial charge in [0, 0.05) is 12.1 Å². The molecule has 0 radical (unpaired) electrons. The smallest absolute Gasteiger partial charge is 0.338 e. The van der Waals surface area contributed by atoms with E-state index < -0.39 is 22.4 Å². The van der Waals surface area contributed by atoms with Crippen LogP contribution in [0.5, 0.6) is 0 Å². The Morgan fingerprint density at radius 1 is 1.31 bits per heavy atom. The molecule has 9 nitrogen and oxygen atoms in total. The van der Waals surface area contributed by atoms with Crippen LogP contribution in [0.3, 0.4) is 0 Å². The van der Waals surface area contributed by atoms with Crippen molar-refractivity contribution in [2.75, 3.05) is 18.1 Å². The molecular formula is C19H24N4O5S. The predicted octanol–water partition coefficient (Wildman–Crippen LogP) is 1.24. The molecule has 1 aliphatic rings. The van der Waals surface area contributed by atoms with E-state index >= 15 is 0 Å². The highest BCUT2D eigenvalue weighted by molar-refractivity contribution is 7.91. The molecule has 1 aromatic heterocycles. The second-order valence-corrected chi connectivity index (χ2v) is 9.31. The van der Waals surface area contributed by atoms with Crippen molar-refractivity contribution in [1.29, 1.82) is 0 Å². The number of hydrogen-bond acceptors (Lipinski definition) is 7. The van der Waals surface area contributed by atoms with Gasteiger partial charge in [0.15, 0.2) is 16.4 Å². The number of esters is 1. The first kappa shape index (κ1) is 21.0. The summed E-state index contributed by atoms with van der Waals surface area (Å²) < 4.78 is 30.4. The number of aromatic nitrogens is 3. The summed E-state index contributed by atoms with van der Waals surface area (Å²) in [4.78, 5) is 30.5. The lowest BCUT2D eigenvalue weighted by atomic mass is 10.1. The Morgan fingerprint density at radius 3 is 2.59 bits per heavy atom. The van der Waals surface area contributed by atoms with E-state index in [2.05, 4.69) is 10.1 Å². The highest BCUT2D eigenvalue weighted by atomic mass is 32.2. The second kappa shape index (κ2) is 8.73. The van der Waals surface area contributed by atoms with Gasteiger partial charge in [-0.15, -0.1) is 0 Å². The first-order valence-corrected chi connectivity index (χ1v) is 11.3. The average Bonchev–Trinajstić information content (AvgIpc) is 3.36. The Hall–Kier alpha value is -2.75. The van der Waals surface area contributed by atoms with Gasteiger partial charge in [-0.2, -0.15) is 5.10 Å². The van der Waals surface area contributed by atoms with E-state index in [1.807, 2.05) is 13.8 Å². The average molecular weight is 420 g/mol. The number of carbonyl (C=O) groups is 2. The lowest BCUT2D eigenvalue weighted by Crippen LogP contribution is -2.48. The van der Waals surface area contributed by atoms with Gasteiger partial charge < -0.3 is 9.64 Å². The van der Waals surface area contributed by atoms with Crippen molar-refractivity contribution in [2.45, 2.75) is 38.8 Å². The molecule has 0 aliphatic carbocycles. The molecule has 2 atom stereocenters. The van der Waals surface area contributed by atoms with Crippen molar-refractivity contribution in [2.24, 2.45) is 0 Å². The number of hydrogen-bond donors (Lipinski definition) is 0. The number of nitrogens with zero attached hydrogens (tertiary/aromatic N) is 4. The van der Waals surface area contributed by atoms with Crippen LogP contribution in [0.15, 0.2) is 36.9 Å². The molecule has 2 heterocycles. The first-order valence-electron chi connectivity index (χ1n) is 9.44. The monoisotopic (exact) mass is 420 g/mol. The third kappa shape index (κ3) is 5.00. The van der Waals surface area contributed by atoms with E-state index in [0.717, 1.165) is 5.69 Å². The topological polar surface area (TPSA) is 111 Å². The van der Waals surface area contributed by atoms with Crippen LogP contribution in [-0.4, -0.2) is 70.2 Å². The zero-order valence-corrected chi connectivity index (χ0v) is 17.2. The third-order valence-corrected chi connectivity index (χ3v) is 6.82. The Labute approximate surface area is 169 Å². The van der Waals surface area contributed by atoms with Crippen molar-refractivity contribution >= 4 is 21.7 Å². The fourth-order valence-electron chi connectivity index (χ4n) is 3.38. The minimum atomic E-state index is -3.13. The normalized spacial score (nSPS) is 18.9. The molecule has 2 aromatic rings. The first-order chi connectivity index (χ1) is 13.8. The van der Waals surface area contributed by atoms with Crippen molar-refractivity contribution < 1.29 is 22.7 Å². The highest BCUT2D eigenvalue weighted by Crippen LogP contribution is 2.21. The SMILES string of the molecule is CC[C@H](C)N(C(=O)COC(=O)c1ccc(-n2cncn2)cc1)[C@H]1CCS(=O)(=O)C1. The predicted molar refractivity (Wildman–Crippen MR) is 105 cm³/mol. The van der Waals surface area contributed by atoms with Crippen LogP contribution < -0.4 is 0 Å². The van der Waals surface area contributed by atoms with Crippen molar-refractivity contribution in [1.82, 2.24) is 19.7 Å². The van der Waals surface area contributed by atoms with Gasteiger partial charge in [-0.25, -0.2) is 22.9 Å². The second-order valence-electron chi connectivity index (χ2n) is 7.08. The van der Waals surface area contributed by atoms with Gasteiger partial charge in [0.2, 0.25) is 0 Å².